The van der Waals surface area contributed by atoms with Gasteiger partial charge in [0.2, 0.25) is 0 Å². The second kappa shape index (κ2) is 3.01. The number of fused-ring (bicyclic) bond motifs is 1. The summed E-state index contributed by atoms with van der Waals surface area (Å²) in [6.07, 6.45) is 3.22. The maximum absolute atomic E-state index is 11.3. The first kappa shape index (κ1) is 8.53. The molecule has 0 aromatic carbocycles. The first-order valence-corrected chi connectivity index (χ1v) is 4.70. The fraction of sp³-hybridized carbons (Fsp3) is 0.778. The Morgan fingerprint density at radius 3 is 2.77 bits per heavy atom. The van der Waals surface area contributed by atoms with Crippen molar-refractivity contribution in [2.45, 2.75) is 31.8 Å². The molecule has 0 bridgehead atoms. The summed E-state index contributed by atoms with van der Waals surface area (Å²) < 4.78 is 4.96. The molecule has 0 spiro atoms. The average Bonchev–Trinajstić information content (AvgIpc) is 2.45. The first-order valence-electron chi connectivity index (χ1n) is 4.70. The van der Waals surface area contributed by atoms with Gasteiger partial charge in [0.05, 0.1) is 5.92 Å². The quantitative estimate of drug-likeness (QED) is 0.590. The molecule has 2 fully saturated rings. The monoisotopic (exact) mass is 183 g/mol. The maximum atomic E-state index is 11.3. The Morgan fingerprint density at radius 2 is 2.08 bits per heavy atom. The zero-order chi connectivity index (χ0) is 9.42. The Morgan fingerprint density at radius 1 is 1.38 bits per heavy atom. The molecule has 3 atom stereocenters. The molecule has 4 nitrogen and oxygen atoms in total. The molecule has 1 saturated heterocycles. The summed E-state index contributed by atoms with van der Waals surface area (Å²) in [5.74, 6) is -0.735. The molecule has 72 valence electrons. The molecule has 0 radical (unpaired) electrons. The zero-order valence-electron chi connectivity index (χ0n) is 7.36. The summed E-state index contributed by atoms with van der Waals surface area (Å²) in [4.78, 5) is 22.2. The minimum Gasteiger partial charge on any atom is -0.452 e. The van der Waals surface area contributed by atoms with Crippen LogP contribution < -0.4 is 5.73 Å². The molecule has 1 heterocycles. The van der Waals surface area contributed by atoms with E-state index in [2.05, 4.69) is 0 Å². The number of primary amides is 1. The molecule has 1 saturated carbocycles. The van der Waals surface area contributed by atoms with Crippen LogP contribution >= 0.6 is 0 Å². The van der Waals surface area contributed by atoms with Gasteiger partial charge in [-0.3, -0.25) is 9.59 Å². The third-order valence-corrected chi connectivity index (χ3v) is 3.03. The summed E-state index contributed by atoms with van der Waals surface area (Å²) in [7, 11) is 0. The van der Waals surface area contributed by atoms with Gasteiger partial charge in [-0.2, -0.15) is 0 Å². The number of hydrogen-bond acceptors (Lipinski definition) is 3. The summed E-state index contributed by atoms with van der Waals surface area (Å²) in [6.45, 7) is 0. The van der Waals surface area contributed by atoms with Gasteiger partial charge in [0, 0.05) is 5.92 Å². The van der Waals surface area contributed by atoms with Crippen molar-refractivity contribution in [1.82, 2.24) is 0 Å². The van der Waals surface area contributed by atoms with E-state index in [9.17, 15) is 9.59 Å². The number of hydrogen-bond donors (Lipinski definition) is 1. The van der Waals surface area contributed by atoms with E-state index in [4.69, 9.17) is 10.5 Å². The van der Waals surface area contributed by atoms with Gasteiger partial charge in [-0.15, -0.1) is 0 Å². The Hall–Kier alpha value is -1.06. The van der Waals surface area contributed by atoms with E-state index in [-0.39, 0.29) is 17.8 Å². The Labute approximate surface area is 76.4 Å². The average molecular weight is 183 g/mol. The largest absolute Gasteiger partial charge is 0.452 e. The molecule has 0 aromatic rings. The van der Waals surface area contributed by atoms with E-state index in [0.29, 0.717) is 0 Å². The lowest BCUT2D eigenvalue weighted by Gasteiger charge is -2.22. The molecule has 1 amide bonds. The van der Waals surface area contributed by atoms with Crippen LogP contribution in [0, 0.1) is 11.8 Å². The van der Waals surface area contributed by atoms with Crippen LogP contribution in [0.3, 0.4) is 0 Å². The highest BCUT2D eigenvalue weighted by Crippen LogP contribution is 2.39. The van der Waals surface area contributed by atoms with Crippen LogP contribution in [0.2, 0.25) is 0 Å². The molecule has 4 heteroatoms. The molecule has 2 rings (SSSR count). The third kappa shape index (κ3) is 1.30. The van der Waals surface area contributed by atoms with E-state index in [0.717, 1.165) is 25.7 Å². The van der Waals surface area contributed by atoms with Crippen molar-refractivity contribution in [2.24, 2.45) is 17.6 Å². The van der Waals surface area contributed by atoms with Crippen molar-refractivity contribution in [1.29, 1.82) is 0 Å². The fourth-order valence-electron chi connectivity index (χ4n) is 2.38. The van der Waals surface area contributed by atoms with Gasteiger partial charge < -0.3 is 10.5 Å². The van der Waals surface area contributed by atoms with Crippen LogP contribution in [0.4, 0.5) is 0 Å². The minimum absolute atomic E-state index is 0.0544. The number of carbonyl (C=O) groups excluding carboxylic acids is 2. The number of esters is 1. The van der Waals surface area contributed by atoms with Gasteiger partial charge in [0.25, 0.3) is 5.91 Å². The first-order chi connectivity index (χ1) is 6.20. The van der Waals surface area contributed by atoms with Crippen LogP contribution in [0.1, 0.15) is 25.7 Å². The second-order valence-electron chi connectivity index (χ2n) is 3.81. The van der Waals surface area contributed by atoms with E-state index in [1.54, 1.807) is 0 Å². The number of amides is 1. The van der Waals surface area contributed by atoms with Crippen LogP contribution in [-0.2, 0) is 14.3 Å². The number of cyclic esters (lactones) is 1. The van der Waals surface area contributed by atoms with Crippen molar-refractivity contribution < 1.29 is 14.3 Å². The van der Waals surface area contributed by atoms with Gasteiger partial charge in [-0.1, -0.05) is 12.8 Å². The summed E-state index contributed by atoms with van der Waals surface area (Å²) in [5, 5.41) is 0. The highest BCUT2D eigenvalue weighted by atomic mass is 16.6. The van der Waals surface area contributed by atoms with Crippen LogP contribution in [0.15, 0.2) is 0 Å². The number of ether oxygens (including phenoxy) is 1. The van der Waals surface area contributed by atoms with Gasteiger partial charge in [-0.05, 0) is 12.8 Å². The van der Waals surface area contributed by atoms with Crippen LogP contribution in [-0.4, -0.2) is 18.0 Å². The third-order valence-electron chi connectivity index (χ3n) is 3.03. The van der Waals surface area contributed by atoms with Gasteiger partial charge >= 0.3 is 5.97 Å². The van der Waals surface area contributed by atoms with Crippen LogP contribution in [0.5, 0.6) is 0 Å². The van der Waals surface area contributed by atoms with Crippen molar-refractivity contribution in [3.8, 4) is 0 Å². The standard InChI is InChI=1S/C9H13NO3/c10-8(11)7-5-3-1-2-4-6(5)9(12)13-7/h5-7H,1-4H2,(H2,10,11)/t5?,6?,7-/m1/s1. The summed E-state index contributed by atoms with van der Waals surface area (Å²) in [5.41, 5.74) is 5.15. The topological polar surface area (TPSA) is 69.4 Å². The van der Waals surface area contributed by atoms with Gasteiger partial charge in [0.1, 0.15) is 0 Å². The lowest BCUT2D eigenvalue weighted by atomic mass is 9.78. The molecule has 2 aliphatic rings. The van der Waals surface area contributed by atoms with Crippen molar-refractivity contribution in [3.05, 3.63) is 0 Å². The van der Waals surface area contributed by atoms with Gasteiger partial charge in [-0.25, -0.2) is 0 Å². The molecule has 2 unspecified atom stereocenters. The van der Waals surface area contributed by atoms with Gasteiger partial charge in [0.15, 0.2) is 6.10 Å². The van der Waals surface area contributed by atoms with E-state index in [1.165, 1.54) is 0 Å². The molecule has 1 aliphatic carbocycles. The highest BCUT2D eigenvalue weighted by molar-refractivity contribution is 5.87. The van der Waals surface area contributed by atoms with Crippen molar-refractivity contribution in [3.63, 3.8) is 0 Å². The lowest BCUT2D eigenvalue weighted by Crippen LogP contribution is -2.35. The predicted molar refractivity (Wildman–Crippen MR) is 44.5 cm³/mol. The summed E-state index contributed by atoms with van der Waals surface area (Å²) >= 11 is 0. The second-order valence-corrected chi connectivity index (χ2v) is 3.81. The molecule has 13 heavy (non-hydrogen) atoms. The summed E-state index contributed by atoms with van der Waals surface area (Å²) in [6, 6.07) is 0. The van der Waals surface area contributed by atoms with E-state index in [1.807, 2.05) is 0 Å². The SMILES string of the molecule is NC(=O)[C@@H]1OC(=O)C2CCCCC21. The molecule has 2 N–H and O–H groups in total. The van der Waals surface area contributed by atoms with Crippen molar-refractivity contribution in [2.75, 3.05) is 0 Å². The Kier molecular flexibility index (Phi) is 1.98. The van der Waals surface area contributed by atoms with E-state index >= 15 is 0 Å². The molecule has 0 aromatic heterocycles. The predicted octanol–water partition coefficient (Wildman–Crippen LogP) is 0.203. The van der Waals surface area contributed by atoms with E-state index < -0.39 is 12.0 Å². The minimum atomic E-state index is -0.655. The normalized spacial score (nSPS) is 38.2. The smallest absolute Gasteiger partial charge is 0.310 e. The zero-order valence-corrected chi connectivity index (χ0v) is 7.36. The molecular weight excluding hydrogens is 170 g/mol. The molecular formula is C9H13NO3. The lowest BCUT2D eigenvalue weighted by molar-refractivity contribution is -0.149. The van der Waals surface area contributed by atoms with Crippen molar-refractivity contribution >= 4 is 11.9 Å². The number of rotatable bonds is 1. The highest BCUT2D eigenvalue weighted by Gasteiger charge is 2.47. The number of carbonyl (C=O) groups is 2. The number of nitrogens with two attached hydrogens (primary N) is 1. The molecule has 1 aliphatic heterocycles. The maximum Gasteiger partial charge on any atom is 0.310 e. The fourth-order valence-corrected chi connectivity index (χ4v) is 2.38. The Bertz CT molecular complexity index is 251. The Balaban J connectivity index is 2.17. The van der Waals surface area contributed by atoms with Crippen LogP contribution in [0.25, 0.3) is 0 Å².